The Morgan fingerprint density at radius 3 is 2.21 bits per heavy atom. The third-order valence-electron chi connectivity index (χ3n) is 2.74. The van der Waals surface area contributed by atoms with Crippen LogP contribution in [0.25, 0.3) is 12.2 Å². The monoisotopic (exact) mass is 256 g/mol. The lowest BCUT2D eigenvalue weighted by atomic mass is 10.1. The van der Waals surface area contributed by atoms with Crippen molar-refractivity contribution >= 4 is 18.4 Å². The molecule has 2 aromatic carbocycles. The fraction of sp³-hybridized carbons (Fsp3) is 0.0625. The molecule has 3 heteroatoms. The van der Waals surface area contributed by atoms with Gasteiger partial charge >= 0.3 is 0 Å². The molecule has 0 saturated heterocycles. The Morgan fingerprint density at radius 2 is 1.63 bits per heavy atom. The Balaban J connectivity index is 2.17. The standard InChI is InChI=1S/C16H13FO2/c1-19-15-8-5-12(6-9-15)2-3-13-4-7-14(11-18)16(17)10-13/h2-11H,1H3. The summed E-state index contributed by atoms with van der Waals surface area (Å²) in [7, 11) is 1.61. The number of aldehydes is 1. The van der Waals surface area contributed by atoms with Crippen molar-refractivity contribution in [1.29, 1.82) is 0 Å². The average molecular weight is 256 g/mol. The molecule has 2 nitrogen and oxygen atoms in total. The Bertz CT molecular complexity index is 601. The second kappa shape index (κ2) is 5.96. The van der Waals surface area contributed by atoms with Crippen LogP contribution in [0.2, 0.25) is 0 Å². The summed E-state index contributed by atoms with van der Waals surface area (Å²) in [6.07, 6.45) is 4.17. The first-order valence-corrected chi connectivity index (χ1v) is 5.80. The molecule has 2 aromatic rings. The predicted molar refractivity (Wildman–Crippen MR) is 73.7 cm³/mol. The molecule has 0 saturated carbocycles. The average Bonchev–Trinajstić information content (AvgIpc) is 2.46. The van der Waals surface area contributed by atoms with Gasteiger partial charge in [-0.2, -0.15) is 0 Å². The molecule has 96 valence electrons. The summed E-state index contributed by atoms with van der Waals surface area (Å²) < 4.78 is 18.5. The van der Waals surface area contributed by atoms with E-state index in [2.05, 4.69) is 0 Å². The summed E-state index contributed by atoms with van der Waals surface area (Å²) in [5.74, 6) is 0.283. The lowest BCUT2D eigenvalue weighted by Crippen LogP contribution is -1.87. The Hall–Kier alpha value is -2.42. The van der Waals surface area contributed by atoms with Gasteiger partial charge in [0.2, 0.25) is 0 Å². The highest BCUT2D eigenvalue weighted by atomic mass is 19.1. The first-order valence-electron chi connectivity index (χ1n) is 5.80. The van der Waals surface area contributed by atoms with E-state index < -0.39 is 5.82 Å². The number of hydrogen-bond donors (Lipinski definition) is 0. The molecule has 0 bridgehead atoms. The fourth-order valence-corrected chi connectivity index (χ4v) is 1.65. The van der Waals surface area contributed by atoms with Crippen molar-refractivity contribution in [2.75, 3.05) is 7.11 Å². The largest absolute Gasteiger partial charge is 0.497 e. The summed E-state index contributed by atoms with van der Waals surface area (Å²) in [4.78, 5) is 10.5. The molecule has 0 aliphatic rings. The summed E-state index contributed by atoms with van der Waals surface area (Å²) in [6, 6.07) is 12.0. The van der Waals surface area contributed by atoms with Gasteiger partial charge in [0.05, 0.1) is 12.7 Å². The van der Waals surface area contributed by atoms with Gasteiger partial charge < -0.3 is 4.74 Å². The van der Waals surface area contributed by atoms with Crippen molar-refractivity contribution in [3.63, 3.8) is 0 Å². The van der Waals surface area contributed by atoms with E-state index in [0.717, 1.165) is 11.3 Å². The van der Waals surface area contributed by atoms with Crippen LogP contribution in [0.4, 0.5) is 4.39 Å². The van der Waals surface area contributed by atoms with Crippen molar-refractivity contribution in [3.05, 3.63) is 65.0 Å². The van der Waals surface area contributed by atoms with Crippen LogP contribution >= 0.6 is 0 Å². The van der Waals surface area contributed by atoms with Crippen LogP contribution in [-0.4, -0.2) is 13.4 Å². The molecule has 0 fully saturated rings. The number of methoxy groups -OCH3 is 1. The van der Waals surface area contributed by atoms with E-state index in [0.29, 0.717) is 11.8 Å². The number of carbonyl (C=O) groups is 1. The SMILES string of the molecule is COc1ccc(C=Cc2ccc(C=O)c(F)c2)cc1. The smallest absolute Gasteiger partial charge is 0.152 e. The first kappa shape index (κ1) is 13.0. The summed E-state index contributed by atoms with van der Waals surface area (Å²) in [6.45, 7) is 0. The minimum atomic E-state index is -0.508. The maximum Gasteiger partial charge on any atom is 0.152 e. The molecule has 2 rings (SSSR count). The summed E-state index contributed by atoms with van der Waals surface area (Å²) in [5.41, 5.74) is 1.76. The number of rotatable bonds is 4. The van der Waals surface area contributed by atoms with E-state index in [4.69, 9.17) is 4.74 Å². The Kier molecular flexibility index (Phi) is 4.08. The molecule has 0 N–H and O–H groups in total. The number of hydrogen-bond acceptors (Lipinski definition) is 2. The predicted octanol–water partition coefficient (Wildman–Crippen LogP) is 3.82. The molecule has 0 atom stereocenters. The molecule has 0 heterocycles. The van der Waals surface area contributed by atoms with Crippen LogP contribution in [0.15, 0.2) is 42.5 Å². The lowest BCUT2D eigenvalue weighted by molar-refractivity contribution is 0.112. The van der Waals surface area contributed by atoms with Gasteiger partial charge in [0, 0.05) is 0 Å². The highest BCUT2D eigenvalue weighted by molar-refractivity contribution is 5.77. The zero-order chi connectivity index (χ0) is 13.7. The van der Waals surface area contributed by atoms with Gasteiger partial charge in [0.1, 0.15) is 11.6 Å². The van der Waals surface area contributed by atoms with Gasteiger partial charge in [0.25, 0.3) is 0 Å². The van der Waals surface area contributed by atoms with Crippen LogP contribution in [-0.2, 0) is 0 Å². The molecular formula is C16H13FO2. The second-order valence-corrected chi connectivity index (χ2v) is 4.01. The van der Waals surface area contributed by atoms with Gasteiger partial charge in [-0.15, -0.1) is 0 Å². The minimum Gasteiger partial charge on any atom is -0.497 e. The van der Waals surface area contributed by atoms with Crippen LogP contribution in [0.3, 0.4) is 0 Å². The number of carbonyl (C=O) groups excluding carboxylic acids is 1. The molecular weight excluding hydrogens is 243 g/mol. The van der Waals surface area contributed by atoms with Crippen LogP contribution in [0.1, 0.15) is 21.5 Å². The van der Waals surface area contributed by atoms with E-state index >= 15 is 0 Å². The molecule has 0 aromatic heterocycles. The van der Waals surface area contributed by atoms with E-state index in [1.807, 2.05) is 30.3 Å². The van der Waals surface area contributed by atoms with Crippen LogP contribution in [0, 0.1) is 5.82 Å². The molecule has 0 radical (unpaired) electrons. The van der Waals surface area contributed by atoms with E-state index in [1.165, 1.54) is 12.1 Å². The molecule has 0 spiro atoms. The molecule has 19 heavy (non-hydrogen) atoms. The van der Waals surface area contributed by atoms with Crippen molar-refractivity contribution in [2.45, 2.75) is 0 Å². The highest BCUT2D eigenvalue weighted by Crippen LogP contribution is 2.15. The molecule has 0 aliphatic heterocycles. The zero-order valence-electron chi connectivity index (χ0n) is 10.5. The van der Waals surface area contributed by atoms with Crippen LogP contribution < -0.4 is 4.74 Å². The van der Waals surface area contributed by atoms with E-state index in [1.54, 1.807) is 19.3 Å². The van der Waals surface area contributed by atoms with Crippen molar-refractivity contribution in [2.24, 2.45) is 0 Å². The quantitative estimate of drug-likeness (QED) is 0.614. The van der Waals surface area contributed by atoms with Gasteiger partial charge in [-0.1, -0.05) is 30.4 Å². The highest BCUT2D eigenvalue weighted by Gasteiger charge is 2.00. The van der Waals surface area contributed by atoms with Crippen molar-refractivity contribution in [1.82, 2.24) is 0 Å². The van der Waals surface area contributed by atoms with Crippen molar-refractivity contribution in [3.8, 4) is 5.75 Å². The molecule has 0 unspecified atom stereocenters. The molecule has 0 aliphatic carbocycles. The Labute approximate surface area is 111 Å². The van der Waals surface area contributed by atoms with Gasteiger partial charge in [-0.3, -0.25) is 4.79 Å². The maximum atomic E-state index is 13.4. The minimum absolute atomic E-state index is 0.0709. The van der Waals surface area contributed by atoms with E-state index in [9.17, 15) is 9.18 Å². The number of ether oxygens (including phenoxy) is 1. The molecule has 0 amide bonds. The lowest BCUT2D eigenvalue weighted by Gasteiger charge is -2.00. The van der Waals surface area contributed by atoms with Crippen molar-refractivity contribution < 1.29 is 13.9 Å². The second-order valence-electron chi connectivity index (χ2n) is 4.01. The zero-order valence-corrected chi connectivity index (χ0v) is 10.5. The van der Waals surface area contributed by atoms with Gasteiger partial charge in [-0.05, 0) is 35.4 Å². The first-order chi connectivity index (χ1) is 9.22. The number of halogens is 1. The third kappa shape index (κ3) is 3.28. The third-order valence-corrected chi connectivity index (χ3v) is 2.74. The Morgan fingerprint density at radius 1 is 1.00 bits per heavy atom. The fourth-order valence-electron chi connectivity index (χ4n) is 1.65. The van der Waals surface area contributed by atoms with Crippen LogP contribution in [0.5, 0.6) is 5.75 Å². The summed E-state index contributed by atoms with van der Waals surface area (Å²) >= 11 is 0. The topological polar surface area (TPSA) is 26.3 Å². The van der Waals surface area contributed by atoms with Gasteiger partial charge in [-0.25, -0.2) is 4.39 Å². The normalized spacial score (nSPS) is 10.6. The maximum absolute atomic E-state index is 13.4. The van der Waals surface area contributed by atoms with E-state index in [-0.39, 0.29) is 5.56 Å². The number of benzene rings is 2. The van der Waals surface area contributed by atoms with Gasteiger partial charge in [0.15, 0.2) is 6.29 Å². The summed E-state index contributed by atoms with van der Waals surface area (Å²) in [5, 5.41) is 0.